The highest BCUT2D eigenvalue weighted by atomic mass is 16.5. The monoisotopic (exact) mass is 380 g/mol. The average Bonchev–Trinajstić information content (AvgIpc) is 3.49. The molecule has 1 fully saturated rings. The Labute approximate surface area is 164 Å². The summed E-state index contributed by atoms with van der Waals surface area (Å²) in [4.78, 5) is 36.9. The fraction of sp³-hybridized carbons (Fsp3) is 0.318. The van der Waals surface area contributed by atoms with Gasteiger partial charge in [0.2, 0.25) is 11.8 Å². The number of esters is 1. The van der Waals surface area contributed by atoms with Gasteiger partial charge in [-0.15, -0.1) is 0 Å². The fourth-order valence-electron chi connectivity index (χ4n) is 3.01. The maximum Gasteiger partial charge on any atom is 0.338 e. The number of anilines is 1. The van der Waals surface area contributed by atoms with Crippen LogP contribution in [-0.2, 0) is 20.9 Å². The lowest BCUT2D eigenvalue weighted by Gasteiger charge is -2.16. The van der Waals surface area contributed by atoms with Crippen LogP contribution in [0.15, 0.2) is 48.5 Å². The number of aryl methyl sites for hydroxylation is 1. The number of ether oxygens (including phenoxy) is 1. The maximum absolute atomic E-state index is 12.7. The number of benzene rings is 2. The van der Waals surface area contributed by atoms with Gasteiger partial charge in [0, 0.05) is 12.2 Å². The Balaban J connectivity index is 1.58. The zero-order valence-corrected chi connectivity index (χ0v) is 16.1. The standard InChI is InChI=1S/C22H24N2O4/c1-3-28-19(25)17-7-9-18(10-8-17)24-21(27)22(11-12-22)20(26)23-14-16-6-4-5-15(2)13-16/h4-10,13H,3,11-12,14H2,1-2H3,(H,23,26)(H,24,27). The molecular formula is C22H24N2O4. The third-order valence-corrected chi connectivity index (χ3v) is 4.81. The molecule has 3 rings (SSSR count). The number of amides is 2. The van der Waals surface area contributed by atoms with E-state index in [4.69, 9.17) is 4.74 Å². The van der Waals surface area contributed by atoms with E-state index in [9.17, 15) is 14.4 Å². The smallest absolute Gasteiger partial charge is 0.338 e. The molecule has 0 radical (unpaired) electrons. The third kappa shape index (κ3) is 4.39. The van der Waals surface area contributed by atoms with Crippen molar-refractivity contribution in [3.63, 3.8) is 0 Å². The minimum Gasteiger partial charge on any atom is -0.462 e. The molecule has 0 heterocycles. The minimum absolute atomic E-state index is 0.255. The van der Waals surface area contributed by atoms with Crippen molar-refractivity contribution >= 4 is 23.5 Å². The lowest BCUT2D eigenvalue weighted by atomic mass is 10.0. The van der Waals surface area contributed by atoms with Crippen molar-refractivity contribution in [1.29, 1.82) is 0 Å². The summed E-state index contributed by atoms with van der Waals surface area (Å²) in [5.74, 6) is -0.984. The molecule has 0 saturated heterocycles. The van der Waals surface area contributed by atoms with Crippen LogP contribution in [0.5, 0.6) is 0 Å². The van der Waals surface area contributed by atoms with Crippen LogP contribution in [0.4, 0.5) is 5.69 Å². The molecule has 0 atom stereocenters. The molecule has 28 heavy (non-hydrogen) atoms. The molecule has 1 saturated carbocycles. The summed E-state index contributed by atoms with van der Waals surface area (Å²) in [6.07, 6.45) is 1.05. The van der Waals surface area contributed by atoms with Gasteiger partial charge in [-0.3, -0.25) is 9.59 Å². The van der Waals surface area contributed by atoms with E-state index in [-0.39, 0.29) is 11.8 Å². The molecule has 2 N–H and O–H groups in total. The van der Waals surface area contributed by atoms with Crippen molar-refractivity contribution in [1.82, 2.24) is 5.32 Å². The minimum atomic E-state index is -1.01. The molecule has 2 aromatic rings. The zero-order valence-electron chi connectivity index (χ0n) is 16.1. The Morgan fingerprint density at radius 1 is 1.04 bits per heavy atom. The molecule has 2 amide bonds. The number of carbonyl (C=O) groups is 3. The topological polar surface area (TPSA) is 84.5 Å². The van der Waals surface area contributed by atoms with Gasteiger partial charge in [0.15, 0.2) is 0 Å². The second-order valence-corrected chi connectivity index (χ2v) is 7.01. The Bertz CT molecular complexity index is 886. The van der Waals surface area contributed by atoms with Crippen LogP contribution in [0.3, 0.4) is 0 Å². The van der Waals surface area contributed by atoms with Gasteiger partial charge in [-0.2, -0.15) is 0 Å². The lowest BCUT2D eigenvalue weighted by Crippen LogP contribution is -2.39. The lowest BCUT2D eigenvalue weighted by molar-refractivity contribution is -0.134. The van der Waals surface area contributed by atoms with Crippen LogP contribution >= 0.6 is 0 Å². The summed E-state index contributed by atoms with van der Waals surface area (Å²) < 4.78 is 4.94. The van der Waals surface area contributed by atoms with E-state index in [1.165, 1.54) is 0 Å². The van der Waals surface area contributed by atoms with Crippen LogP contribution in [0.25, 0.3) is 0 Å². The Kier molecular flexibility index (Phi) is 5.78. The van der Waals surface area contributed by atoms with E-state index in [2.05, 4.69) is 10.6 Å². The molecule has 0 spiro atoms. The molecule has 6 heteroatoms. The Hall–Kier alpha value is -3.15. The first-order valence-corrected chi connectivity index (χ1v) is 9.37. The van der Waals surface area contributed by atoms with Crippen LogP contribution in [0.2, 0.25) is 0 Å². The first kappa shape index (κ1) is 19.6. The normalized spacial score (nSPS) is 14.1. The number of carbonyl (C=O) groups excluding carboxylic acids is 3. The van der Waals surface area contributed by atoms with Crippen molar-refractivity contribution in [2.45, 2.75) is 33.2 Å². The van der Waals surface area contributed by atoms with Crippen molar-refractivity contribution in [3.8, 4) is 0 Å². The van der Waals surface area contributed by atoms with E-state index < -0.39 is 11.4 Å². The van der Waals surface area contributed by atoms with Gasteiger partial charge < -0.3 is 15.4 Å². The predicted molar refractivity (Wildman–Crippen MR) is 106 cm³/mol. The van der Waals surface area contributed by atoms with Crippen LogP contribution in [0.1, 0.15) is 41.3 Å². The van der Waals surface area contributed by atoms with Gasteiger partial charge in [0.1, 0.15) is 5.41 Å². The number of hydrogen-bond donors (Lipinski definition) is 2. The average molecular weight is 380 g/mol. The first-order chi connectivity index (χ1) is 13.4. The molecule has 2 aromatic carbocycles. The zero-order chi connectivity index (χ0) is 20.1. The van der Waals surface area contributed by atoms with E-state index in [0.717, 1.165) is 11.1 Å². The van der Waals surface area contributed by atoms with Crippen LogP contribution in [0, 0.1) is 12.3 Å². The highest BCUT2D eigenvalue weighted by Gasteiger charge is 2.56. The van der Waals surface area contributed by atoms with E-state index in [1.807, 2.05) is 31.2 Å². The number of rotatable bonds is 7. The number of nitrogens with one attached hydrogen (secondary N) is 2. The Morgan fingerprint density at radius 2 is 1.75 bits per heavy atom. The first-order valence-electron chi connectivity index (χ1n) is 9.37. The second kappa shape index (κ2) is 8.25. The van der Waals surface area contributed by atoms with Crippen molar-refractivity contribution in [2.24, 2.45) is 5.41 Å². The van der Waals surface area contributed by atoms with Gasteiger partial charge in [-0.1, -0.05) is 29.8 Å². The van der Waals surface area contributed by atoms with Gasteiger partial charge in [-0.05, 0) is 56.5 Å². The summed E-state index contributed by atoms with van der Waals surface area (Å²) in [7, 11) is 0. The summed E-state index contributed by atoms with van der Waals surface area (Å²) in [5.41, 5.74) is 2.06. The quantitative estimate of drug-likeness (QED) is 0.571. The maximum atomic E-state index is 12.7. The predicted octanol–water partition coefficient (Wildman–Crippen LogP) is 3.21. The van der Waals surface area contributed by atoms with Crippen LogP contribution in [-0.4, -0.2) is 24.4 Å². The highest BCUT2D eigenvalue weighted by Crippen LogP contribution is 2.46. The molecule has 0 unspecified atom stereocenters. The third-order valence-electron chi connectivity index (χ3n) is 4.81. The number of hydrogen-bond acceptors (Lipinski definition) is 4. The van der Waals surface area contributed by atoms with Crippen molar-refractivity contribution in [3.05, 3.63) is 65.2 Å². The summed E-state index contributed by atoms with van der Waals surface area (Å²) in [6.45, 7) is 4.43. The van der Waals surface area contributed by atoms with Gasteiger partial charge >= 0.3 is 5.97 Å². The van der Waals surface area contributed by atoms with Gasteiger partial charge in [0.05, 0.1) is 12.2 Å². The molecule has 146 valence electrons. The molecule has 0 bridgehead atoms. The Morgan fingerprint density at radius 3 is 2.36 bits per heavy atom. The molecular weight excluding hydrogens is 356 g/mol. The fourth-order valence-corrected chi connectivity index (χ4v) is 3.01. The summed E-state index contributed by atoms with van der Waals surface area (Å²) in [5, 5.41) is 5.65. The van der Waals surface area contributed by atoms with Gasteiger partial charge in [0.25, 0.3) is 0 Å². The van der Waals surface area contributed by atoms with Crippen molar-refractivity contribution in [2.75, 3.05) is 11.9 Å². The van der Waals surface area contributed by atoms with Crippen LogP contribution < -0.4 is 10.6 Å². The van der Waals surface area contributed by atoms with E-state index >= 15 is 0 Å². The van der Waals surface area contributed by atoms with E-state index in [0.29, 0.717) is 37.2 Å². The second-order valence-electron chi connectivity index (χ2n) is 7.01. The molecule has 1 aliphatic rings. The largest absolute Gasteiger partial charge is 0.462 e. The molecule has 0 aliphatic heterocycles. The molecule has 1 aliphatic carbocycles. The van der Waals surface area contributed by atoms with E-state index in [1.54, 1.807) is 31.2 Å². The molecule has 6 nitrogen and oxygen atoms in total. The summed E-state index contributed by atoms with van der Waals surface area (Å²) in [6, 6.07) is 14.3. The highest BCUT2D eigenvalue weighted by molar-refractivity contribution is 6.13. The molecule has 0 aromatic heterocycles. The van der Waals surface area contributed by atoms with Crippen molar-refractivity contribution < 1.29 is 19.1 Å². The SMILES string of the molecule is CCOC(=O)c1ccc(NC(=O)C2(C(=O)NCc3cccc(C)c3)CC2)cc1. The summed E-state index contributed by atoms with van der Waals surface area (Å²) >= 11 is 0. The van der Waals surface area contributed by atoms with Gasteiger partial charge in [-0.25, -0.2) is 4.79 Å².